The van der Waals surface area contributed by atoms with Gasteiger partial charge in [-0.3, -0.25) is 9.69 Å². The highest BCUT2D eigenvalue weighted by molar-refractivity contribution is 5.91. The Bertz CT molecular complexity index is 694. The van der Waals surface area contributed by atoms with E-state index in [2.05, 4.69) is 15.5 Å². The van der Waals surface area contributed by atoms with Crippen molar-refractivity contribution in [3.63, 3.8) is 0 Å². The number of carbonyl (C=O) groups excluding carboxylic acids is 1. The van der Waals surface area contributed by atoms with E-state index in [1.54, 1.807) is 13.4 Å². The number of anilines is 1. The number of carbonyl (C=O) groups is 1. The SMILES string of the molecule is COc1ccc(NC(=O)C[C@H](C)NC[C@@H](c2ccco2)N2CCCC2)cc1. The van der Waals surface area contributed by atoms with Gasteiger partial charge in [0.1, 0.15) is 11.5 Å². The third-order valence-electron chi connectivity index (χ3n) is 4.98. The summed E-state index contributed by atoms with van der Waals surface area (Å²) >= 11 is 0. The normalized spacial score (nSPS) is 16.8. The Morgan fingerprint density at radius 3 is 2.59 bits per heavy atom. The van der Waals surface area contributed by atoms with E-state index in [1.165, 1.54) is 12.8 Å². The van der Waals surface area contributed by atoms with Crippen LogP contribution in [0.2, 0.25) is 0 Å². The summed E-state index contributed by atoms with van der Waals surface area (Å²) in [5, 5.41) is 6.43. The number of methoxy groups -OCH3 is 1. The Hall–Kier alpha value is -2.31. The summed E-state index contributed by atoms with van der Waals surface area (Å²) in [7, 11) is 1.62. The topological polar surface area (TPSA) is 66.7 Å². The first kappa shape index (κ1) is 19.5. The fourth-order valence-electron chi connectivity index (χ4n) is 3.49. The minimum atomic E-state index is -0.00381. The molecule has 2 N–H and O–H groups in total. The zero-order valence-electron chi connectivity index (χ0n) is 16.1. The molecule has 2 atom stereocenters. The van der Waals surface area contributed by atoms with Gasteiger partial charge in [0.25, 0.3) is 0 Å². The highest BCUT2D eigenvalue weighted by Gasteiger charge is 2.25. The van der Waals surface area contributed by atoms with E-state index in [4.69, 9.17) is 9.15 Å². The molecule has 27 heavy (non-hydrogen) atoms. The van der Waals surface area contributed by atoms with Gasteiger partial charge < -0.3 is 19.8 Å². The molecule has 1 aromatic carbocycles. The summed E-state index contributed by atoms with van der Waals surface area (Å²) in [5.74, 6) is 1.75. The fourth-order valence-corrected chi connectivity index (χ4v) is 3.49. The Morgan fingerprint density at radius 2 is 1.96 bits per heavy atom. The molecule has 1 aliphatic heterocycles. The van der Waals surface area contributed by atoms with Crippen LogP contribution in [-0.4, -0.2) is 43.6 Å². The standard InChI is InChI=1S/C21H29N3O3/c1-16(14-21(25)23-17-7-9-18(26-2)10-8-17)22-15-19(20-6-5-13-27-20)24-11-3-4-12-24/h5-10,13,16,19,22H,3-4,11-12,14-15H2,1-2H3,(H,23,25)/t16-,19-/m0/s1. The van der Waals surface area contributed by atoms with Crippen molar-refractivity contribution >= 4 is 11.6 Å². The lowest BCUT2D eigenvalue weighted by Crippen LogP contribution is -2.39. The maximum atomic E-state index is 12.3. The average Bonchev–Trinajstić information content (AvgIpc) is 3.37. The summed E-state index contributed by atoms with van der Waals surface area (Å²) in [6.45, 7) is 5.00. The predicted molar refractivity (Wildman–Crippen MR) is 106 cm³/mol. The molecule has 0 spiro atoms. The molecule has 6 nitrogen and oxygen atoms in total. The largest absolute Gasteiger partial charge is 0.497 e. The number of hydrogen-bond donors (Lipinski definition) is 2. The van der Waals surface area contributed by atoms with Crippen LogP contribution < -0.4 is 15.4 Å². The van der Waals surface area contributed by atoms with Gasteiger partial charge in [-0.25, -0.2) is 0 Å². The lowest BCUT2D eigenvalue weighted by Gasteiger charge is -2.27. The van der Waals surface area contributed by atoms with E-state index in [1.807, 2.05) is 43.3 Å². The van der Waals surface area contributed by atoms with Crippen LogP contribution in [0.4, 0.5) is 5.69 Å². The molecule has 1 aliphatic rings. The van der Waals surface area contributed by atoms with Crippen LogP contribution in [0.25, 0.3) is 0 Å². The van der Waals surface area contributed by atoms with Crippen molar-refractivity contribution in [2.24, 2.45) is 0 Å². The van der Waals surface area contributed by atoms with Crippen molar-refractivity contribution in [3.05, 3.63) is 48.4 Å². The molecule has 2 aromatic rings. The molecule has 3 rings (SSSR count). The number of rotatable bonds is 9. The summed E-state index contributed by atoms with van der Waals surface area (Å²) in [5.41, 5.74) is 0.776. The van der Waals surface area contributed by atoms with Gasteiger partial charge in [0.05, 0.1) is 19.4 Å². The minimum Gasteiger partial charge on any atom is -0.497 e. The second kappa shape index (κ2) is 9.58. The third-order valence-corrected chi connectivity index (χ3v) is 4.98. The molecule has 2 heterocycles. The number of furan rings is 1. The highest BCUT2D eigenvalue weighted by Crippen LogP contribution is 2.25. The lowest BCUT2D eigenvalue weighted by atomic mass is 10.1. The summed E-state index contributed by atoms with van der Waals surface area (Å²) in [6.07, 6.45) is 4.61. The molecule has 146 valence electrons. The van der Waals surface area contributed by atoms with Crippen LogP contribution in [0.3, 0.4) is 0 Å². The molecule has 1 fully saturated rings. The van der Waals surface area contributed by atoms with Gasteiger partial charge in [-0.1, -0.05) is 0 Å². The molecule has 1 saturated heterocycles. The number of likely N-dealkylation sites (tertiary alicyclic amines) is 1. The van der Waals surface area contributed by atoms with Gasteiger partial charge in [-0.2, -0.15) is 0 Å². The number of ether oxygens (including phenoxy) is 1. The van der Waals surface area contributed by atoms with Gasteiger partial charge in [-0.15, -0.1) is 0 Å². The Balaban J connectivity index is 1.48. The quantitative estimate of drug-likeness (QED) is 0.707. The maximum absolute atomic E-state index is 12.3. The number of amides is 1. The Morgan fingerprint density at radius 1 is 1.22 bits per heavy atom. The smallest absolute Gasteiger partial charge is 0.225 e. The van der Waals surface area contributed by atoms with Gasteiger partial charge >= 0.3 is 0 Å². The monoisotopic (exact) mass is 371 g/mol. The summed E-state index contributed by atoms with van der Waals surface area (Å²) < 4.78 is 10.8. The van der Waals surface area contributed by atoms with Gasteiger partial charge in [0, 0.05) is 24.7 Å². The van der Waals surface area contributed by atoms with Gasteiger partial charge in [0.2, 0.25) is 5.91 Å². The van der Waals surface area contributed by atoms with E-state index in [-0.39, 0.29) is 18.0 Å². The second-order valence-corrected chi connectivity index (χ2v) is 7.06. The first-order chi connectivity index (χ1) is 13.2. The minimum absolute atomic E-state index is 0.00381. The van der Waals surface area contributed by atoms with Crippen LogP contribution in [0.1, 0.15) is 38.0 Å². The zero-order chi connectivity index (χ0) is 19.1. The molecule has 0 radical (unpaired) electrons. The van der Waals surface area contributed by atoms with Crippen LogP contribution in [0.15, 0.2) is 47.1 Å². The molecule has 1 aromatic heterocycles. The molecule has 0 bridgehead atoms. The predicted octanol–water partition coefficient (Wildman–Crippen LogP) is 3.43. The summed E-state index contributed by atoms with van der Waals surface area (Å²) in [6, 6.07) is 11.6. The van der Waals surface area contributed by atoms with Crippen LogP contribution in [0.5, 0.6) is 5.75 Å². The van der Waals surface area contributed by atoms with Crippen molar-refractivity contribution in [2.75, 3.05) is 32.1 Å². The molecule has 0 aliphatic carbocycles. The Labute approximate surface area is 160 Å². The third kappa shape index (κ3) is 5.58. The molecule has 6 heteroatoms. The van der Waals surface area contributed by atoms with E-state index in [0.29, 0.717) is 6.42 Å². The molecular weight excluding hydrogens is 342 g/mol. The van der Waals surface area contributed by atoms with E-state index in [9.17, 15) is 4.79 Å². The van der Waals surface area contributed by atoms with Crippen LogP contribution in [-0.2, 0) is 4.79 Å². The number of nitrogens with one attached hydrogen (secondary N) is 2. The van der Waals surface area contributed by atoms with E-state index >= 15 is 0 Å². The van der Waals surface area contributed by atoms with Crippen molar-refractivity contribution in [1.82, 2.24) is 10.2 Å². The molecule has 0 unspecified atom stereocenters. The van der Waals surface area contributed by atoms with Gasteiger partial charge in [0.15, 0.2) is 0 Å². The number of nitrogens with zero attached hydrogens (tertiary/aromatic N) is 1. The number of benzene rings is 1. The first-order valence-electron chi connectivity index (χ1n) is 9.60. The lowest BCUT2D eigenvalue weighted by molar-refractivity contribution is -0.116. The highest BCUT2D eigenvalue weighted by atomic mass is 16.5. The van der Waals surface area contributed by atoms with Gasteiger partial charge in [-0.05, 0) is 69.3 Å². The Kier molecular flexibility index (Phi) is 6.90. The van der Waals surface area contributed by atoms with E-state index in [0.717, 1.165) is 36.8 Å². The molecule has 0 saturated carbocycles. The fraction of sp³-hybridized carbons (Fsp3) is 0.476. The van der Waals surface area contributed by atoms with Crippen molar-refractivity contribution < 1.29 is 13.9 Å². The average molecular weight is 371 g/mol. The second-order valence-electron chi connectivity index (χ2n) is 7.06. The maximum Gasteiger partial charge on any atom is 0.225 e. The van der Waals surface area contributed by atoms with Crippen molar-refractivity contribution in [1.29, 1.82) is 0 Å². The zero-order valence-corrected chi connectivity index (χ0v) is 16.1. The van der Waals surface area contributed by atoms with Crippen LogP contribution >= 0.6 is 0 Å². The first-order valence-corrected chi connectivity index (χ1v) is 9.60. The van der Waals surface area contributed by atoms with Crippen LogP contribution in [0, 0.1) is 0 Å². The number of hydrogen-bond acceptors (Lipinski definition) is 5. The van der Waals surface area contributed by atoms with Crippen molar-refractivity contribution in [2.45, 2.75) is 38.3 Å². The summed E-state index contributed by atoms with van der Waals surface area (Å²) in [4.78, 5) is 14.7. The molecular formula is C21H29N3O3. The van der Waals surface area contributed by atoms with Crippen molar-refractivity contribution in [3.8, 4) is 5.75 Å². The molecule has 1 amide bonds. The van der Waals surface area contributed by atoms with E-state index < -0.39 is 0 Å².